The maximum absolute atomic E-state index is 11.9. The van der Waals surface area contributed by atoms with E-state index in [0.29, 0.717) is 10.6 Å². The van der Waals surface area contributed by atoms with Crippen molar-refractivity contribution in [3.05, 3.63) is 64.9 Å². The summed E-state index contributed by atoms with van der Waals surface area (Å²) in [7, 11) is 0. The zero-order chi connectivity index (χ0) is 20.5. The third-order valence-corrected chi connectivity index (χ3v) is 3.60. The molecule has 0 bridgehead atoms. The van der Waals surface area contributed by atoms with Gasteiger partial charge in [-0.1, -0.05) is 29.8 Å². The molecule has 10 heteroatoms. The quantitative estimate of drug-likeness (QED) is 0.484. The van der Waals surface area contributed by atoms with Crippen molar-refractivity contribution in [2.24, 2.45) is 0 Å². The average molecular weight is 405 g/mol. The number of hydrogen-bond donors (Lipinski definition) is 3. The van der Waals surface area contributed by atoms with Gasteiger partial charge in [-0.3, -0.25) is 35.0 Å². The van der Waals surface area contributed by atoms with Gasteiger partial charge in [0.2, 0.25) is 0 Å². The molecule has 3 N–H and O–H groups in total. The number of carbonyl (C=O) groups is 4. The number of ether oxygens (including phenoxy) is 1. The van der Waals surface area contributed by atoms with E-state index in [9.17, 15) is 19.2 Å². The predicted molar refractivity (Wildman–Crippen MR) is 99.2 cm³/mol. The molecule has 1 atom stereocenters. The molecule has 0 saturated heterocycles. The zero-order valence-corrected chi connectivity index (χ0v) is 15.5. The standard InChI is InChI=1S/C18H17ClN4O5/c1-11(16(25)22-23-17(26)12-5-3-2-4-6-12)28-15(24)10-21-18(27)14-9-13(19)7-8-20-14/h2-9,11H,10H2,1H3,(H,21,27)(H,22,25)(H,23,26)/t11-/m0/s1. The van der Waals surface area contributed by atoms with Gasteiger partial charge in [-0.2, -0.15) is 0 Å². The minimum atomic E-state index is -1.19. The highest BCUT2D eigenvalue weighted by Crippen LogP contribution is 2.07. The first kappa shape index (κ1) is 20.8. The predicted octanol–water partition coefficient (Wildman–Crippen LogP) is 0.858. The Balaban J connectivity index is 1.74. The van der Waals surface area contributed by atoms with Crippen LogP contribution in [0.1, 0.15) is 27.8 Å². The smallest absolute Gasteiger partial charge is 0.326 e. The molecule has 3 amide bonds. The highest BCUT2D eigenvalue weighted by atomic mass is 35.5. The van der Waals surface area contributed by atoms with Gasteiger partial charge < -0.3 is 10.1 Å². The Kier molecular flexibility index (Phi) is 7.46. The van der Waals surface area contributed by atoms with Crippen LogP contribution in [0.25, 0.3) is 0 Å². The summed E-state index contributed by atoms with van der Waals surface area (Å²) < 4.78 is 4.90. The molecule has 0 saturated carbocycles. The summed E-state index contributed by atoms with van der Waals surface area (Å²) in [6, 6.07) is 11.1. The van der Waals surface area contributed by atoms with Crippen LogP contribution in [0.2, 0.25) is 5.02 Å². The number of halogens is 1. The van der Waals surface area contributed by atoms with Crippen LogP contribution in [0.3, 0.4) is 0 Å². The Morgan fingerprint density at radius 2 is 1.79 bits per heavy atom. The largest absolute Gasteiger partial charge is 0.451 e. The van der Waals surface area contributed by atoms with E-state index < -0.39 is 36.3 Å². The average Bonchev–Trinajstić information content (AvgIpc) is 2.70. The van der Waals surface area contributed by atoms with E-state index >= 15 is 0 Å². The highest BCUT2D eigenvalue weighted by molar-refractivity contribution is 6.30. The minimum Gasteiger partial charge on any atom is -0.451 e. The molecule has 0 unspecified atom stereocenters. The van der Waals surface area contributed by atoms with E-state index in [1.165, 1.54) is 25.3 Å². The number of hydrazine groups is 1. The number of amides is 3. The Morgan fingerprint density at radius 1 is 1.07 bits per heavy atom. The van der Waals surface area contributed by atoms with Gasteiger partial charge in [-0.05, 0) is 31.2 Å². The monoisotopic (exact) mass is 404 g/mol. The van der Waals surface area contributed by atoms with Gasteiger partial charge in [0.15, 0.2) is 6.10 Å². The number of aromatic nitrogens is 1. The Labute approximate surface area is 165 Å². The first-order chi connectivity index (χ1) is 13.4. The van der Waals surface area contributed by atoms with Crippen molar-refractivity contribution in [3.63, 3.8) is 0 Å². The van der Waals surface area contributed by atoms with E-state index in [0.717, 1.165) is 0 Å². The molecule has 0 aliphatic rings. The van der Waals surface area contributed by atoms with Crippen LogP contribution in [0, 0.1) is 0 Å². The molecule has 2 rings (SSSR count). The van der Waals surface area contributed by atoms with Gasteiger partial charge in [0.25, 0.3) is 17.7 Å². The van der Waals surface area contributed by atoms with Crippen molar-refractivity contribution in [2.45, 2.75) is 13.0 Å². The molecule has 0 radical (unpaired) electrons. The van der Waals surface area contributed by atoms with Gasteiger partial charge in [-0.15, -0.1) is 0 Å². The normalized spacial score (nSPS) is 11.1. The Morgan fingerprint density at radius 3 is 2.46 bits per heavy atom. The summed E-state index contributed by atoms with van der Waals surface area (Å²) in [4.78, 5) is 51.2. The van der Waals surface area contributed by atoms with E-state index in [2.05, 4.69) is 21.2 Å². The first-order valence-electron chi connectivity index (χ1n) is 8.11. The number of benzene rings is 1. The van der Waals surface area contributed by atoms with Crippen LogP contribution in [-0.2, 0) is 14.3 Å². The SMILES string of the molecule is C[C@H](OC(=O)CNC(=O)c1cc(Cl)ccn1)C(=O)NNC(=O)c1ccccc1. The molecular weight excluding hydrogens is 388 g/mol. The second-order valence-corrected chi connectivity index (χ2v) is 5.92. The summed E-state index contributed by atoms with van der Waals surface area (Å²) in [5.74, 6) is -2.71. The van der Waals surface area contributed by atoms with E-state index in [-0.39, 0.29) is 5.69 Å². The van der Waals surface area contributed by atoms with Crippen molar-refractivity contribution in [1.29, 1.82) is 0 Å². The van der Waals surface area contributed by atoms with Crippen molar-refractivity contribution < 1.29 is 23.9 Å². The molecular formula is C18H17ClN4O5. The van der Waals surface area contributed by atoms with Crippen molar-refractivity contribution in [1.82, 2.24) is 21.2 Å². The van der Waals surface area contributed by atoms with Gasteiger partial charge >= 0.3 is 5.97 Å². The molecule has 1 heterocycles. The lowest BCUT2D eigenvalue weighted by Gasteiger charge is -2.14. The second kappa shape index (κ2) is 10.0. The minimum absolute atomic E-state index is 0.0368. The number of hydrogen-bond acceptors (Lipinski definition) is 6. The summed E-state index contributed by atoms with van der Waals surface area (Å²) in [6.07, 6.45) is 0.163. The molecule has 1 aromatic carbocycles. The van der Waals surface area contributed by atoms with Crippen LogP contribution in [0.4, 0.5) is 0 Å². The molecule has 9 nitrogen and oxygen atoms in total. The molecule has 28 heavy (non-hydrogen) atoms. The summed E-state index contributed by atoms with van der Waals surface area (Å²) in [5, 5.41) is 2.63. The molecule has 0 aliphatic carbocycles. The van der Waals surface area contributed by atoms with Crippen molar-refractivity contribution >= 4 is 35.3 Å². The number of esters is 1. The number of nitrogens with zero attached hydrogens (tertiary/aromatic N) is 1. The lowest BCUT2D eigenvalue weighted by atomic mass is 10.2. The summed E-state index contributed by atoms with van der Waals surface area (Å²) in [6.45, 7) is 0.850. The molecule has 0 aliphatic heterocycles. The summed E-state index contributed by atoms with van der Waals surface area (Å²) >= 11 is 5.76. The zero-order valence-electron chi connectivity index (χ0n) is 14.8. The maximum Gasteiger partial charge on any atom is 0.326 e. The maximum atomic E-state index is 11.9. The number of carbonyl (C=O) groups excluding carboxylic acids is 4. The molecule has 1 aromatic heterocycles. The fourth-order valence-electron chi connectivity index (χ4n) is 1.95. The number of pyridine rings is 1. The number of nitrogens with one attached hydrogen (secondary N) is 3. The highest BCUT2D eigenvalue weighted by Gasteiger charge is 2.19. The third-order valence-electron chi connectivity index (χ3n) is 3.36. The van der Waals surface area contributed by atoms with E-state index in [1.807, 2.05) is 0 Å². The Bertz CT molecular complexity index is 875. The van der Waals surface area contributed by atoms with Gasteiger partial charge in [0.05, 0.1) is 0 Å². The van der Waals surface area contributed by atoms with Gasteiger partial charge in [0, 0.05) is 16.8 Å². The second-order valence-electron chi connectivity index (χ2n) is 5.48. The van der Waals surface area contributed by atoms with E-state index in [4.69, 9.17) is 16.3 Å². The molecule has 2 aromatic rings. The molecule has 0 fully saturated rings. The van der Waals surface area contributed by atoms with E-state index in [1.54, 1.807) is 30.3 Å². The van der Waals surface area contributed by atoms with Crippen LogP contribution in [0.5, 0.6) is 0 Å². The van der Waals surface area contributed by atoms with Crippen LogP contribution in [0.15, 0.2) is 48.7 Å². The fourth-order valence-corrected chi connectivity index (χ4v) is 2.11. The van der Waals surface area contributed by atoms with Crippen LogP contribution in [-0.4, -0.2) is 41.3 Å². The summed E-state index contributed by atoms with van der Waals surface area (Å²) in [5.41, 5.74) is 4.75. The van der Waals surface area contributed by atoms with Crippen molar-refractivity contribution in [3.8, 4) is 0 Å². The fraction of sp³-hybridized carbons (Fsp3) is 0.167. The topological polar surface area (TPSA) is 126 Å². The third kappa shape index (κ3) is 6.36. The first-order valence-corrected chi connectivity index (χ1v) is 8.49. The number of rotatable bonds is 6. The van der Waals surface area contributed by atoms with Crippen molar-refractivity contribution in [2.75, 3.05) is 6.54 Å². The van der Waals surface area contributed by atoms with Crippen LogP contribution >= 0.6 is 11.6 Å². The Hall–Kier alpha value is -3.46. The van der Waals surface area contributed by atoms with Gasteiger partial charge in [0.1, 0.15) is 12.2 Å². The molecule has 0 spiro atoms. The van der Waals surface area contributed by atoms with Gasteiger partial charge in [-0.25, -0.2) is 0 Å². The van der Waals surface area contributed by atoms with Crippen LogP contribution < -0.4 is 16.2 Å². The lowest BCUT2D eigenvalue weighted by Crippen LogP contribution is -2.47. The lowest BCUT2D eigenvalue weighted by molar-refractivity contribution is -0.154. The molecule has 146 valence electrons.